The first kappa shape index (κ1) is 19.3. The number of nitrogens with one attached hydrogen (secondary N) is 1. The second kappa shape index (κ2) is 8.06. The summed E-state index contributed by atoms with van der Waals surface area (Å²) in [5, 5.41) is 18.9. The number of aliphatic hydroxyl groups is 1. The van der Waals surface area contributed by atoms with Gasteiger partial charge in [0, 0.05) is 40.2 Å². The Balaban J connectivity index is 1.92. The average Bonchev–Trinajstić information content (AvgIpc) is 3.02. The van der Waals surface area contributed by atoms with Crippen molar-refractivity contribution >= 4 is 43.4 Å². The Hall–Kier alpha value is -2.44. The number of nitrogens with zero attached hydrogens (tertiary/aromatic N) is 1. The zero-order valence-electron chi connectivity index (χ0n) is 15.7. The predicted molar refractivity (Wildman–Crippen MR) is 112 cm³/mol. The molecule has 1 atom stereocenters. The largest absolute Gasteiger partial charge is 0.396 e. The molecule has 0 saturated heterocycles. The van der Waals surface area contributed by atoms with E-state index < -0.39 is 0 Å². The summed E-state index contributed by atoms with van der Waals surface area (Å²) >= 11 is 1.77. The molecule has 27 heavy (non-hydrogen) atoms. The highest BCUT2D eigenvalue weighted by atomic mass is 32.1. The SMILES string of the molecule is C[C@H](CC(=O)N(C)C(=N)N)c1ccc2sc3ccc(CCCO)cc3c2c1. The third kappa shape index (κ3) is 4.12. The Morgan fingerprint density at radius 3 is 2.56 bits per heavy atom. The third-order valence-corrected chi connectivity index (χ3v) is 6.12. The molecule has 6 heteroatoms. The Morgan fingerprint density at radius 1 is 1.22 bits per heavy atom. The molecular weight excluding hydrogens is 358 g/mol. The van der Waals surface area contributed by atoms with Gasteiger partial charge in [-0.05, 0) is 54.2 Å². The van der Waals surface area contributed by atoms with E-state index in [1.54, 1.807) is 11.3 Å². The number of thiophene rings is 1. The van der Waals surface area contributed by atoms with Gasteiger partial charge in [0.2, 0.25) is 5.91 Å². The van der Waals surface area contributed by atoms with Crippen molar-refractivity contribution in [2.75, 3.05) is 13.7 Å². The van der Waals surface area contributed by atoms with Crippen LogP contribution in [0.15, 0.2) is 36.4 Å². The lowest BCUT2D eigenvalue weighted by Gasteiger charge is -2.18. The molecule has 0 saturated carbocycles. The van der Waals surface area contributed by atoms with Crippen LogP contribution in [0, 0.1) is 5.41 Å². The van der Waals surface area contributed by atoms with E-state index in [4.69, 9.17) is 16.2 Å². The summed E-state index contributed by atoms with van der Waals surface area (Å²) < 4.78 is 2.47. The number of aryl methyl sites for hydroxylation is 1. The number of amides is 1. The van der Waals surface area contributed by atoms with Crippen LogP contribution in [0.3, 0.4) is 0 Å². The minimum absolute atomic E-state index is 0.0382. The van der Waals surface area contributed by atoms with Crippen LogP contribution in [0.5, 0.6) is 0 Å². The van der Waals surface area contributed by atoms with E-state index >= 15 is 0 Å². The minimum atomic E-state index is -0.234. The maximum Gasteiger partial charge on any atom is 0.229 e. The molecule has 3 aromatic rings. The molecule has 1 heterocycles. The maximum atomic E-state index is 12.2. The fourth-order valence-corrected chi connectivity index (χ4v) is 4.31. The number of rotatable bonds is 6. The molecule has 0 aliphatic heterocycles. The molecule has 0 unspecified atom stereocenters. The highest BCUT2D eigenvalue weighted by molar-refractivity contribution is 7.25. The van der Waals surface area contributed by atoms with E-state index in [0.29, 0.717) is 6.42 Å². The van der Waals surface area contributed by atoms with Crippen LogP contribution >= 0.6 is 11.3 Å². The molecule has 1 aromatic heterocycles. The molecule has 142 valence electrons. The molecular formula is C21H25N3O2S. The van der Waals surface area contributed by atoms with Gasteiger partial charge in [0.15, 0.2) is 5.96 Å². The summed E-state index contributed by atoms with van der Waals surface area (Å²) in [6.07, 6.45) is 1.94. The van der Waals surface area contributed by atoms with Gasteiger partial charge < -0.3 is 10.8 Å². The molecule has 0 radical (unpaired) electrons. The number of hydrogen-bond donors (Lipinski definition) is 3. The van der Waals surface area contributed by atoms with E-state index in [-0.39, 0.29) is 24.4 Å². The van der Waals surface area contributed by atoms with Crippen LogP contribution in [-0.4, -0.2) is 35.5 Å². The fourth-order valence-electron chi connectivity index (χ4n) is 3.24. The predicted octanol–water partition coefficient (Wildman–Crippen LogP) is 3.82. The average molecular weight is 384 g/mol. The lowest BCUT2D eigenvalue weighted by atomic mass is 9.95. The van der Waals surface area contributed by atoms with Crippen molar-refractivity contribution < 1.29 is 9.90 Å². The van der Waals surface area contributed by atoms with Crippen molar-refractivity contribution in [2.45, 2.75) is 32.1 Å². The lowest BCUT2D eigenvalue weighted by Crippen LogP contribution is -2.38. The first-order chi connectivity index (χ1) is 12.9. The van der Waals surface area contributed by atoms with Crippen LogP contribution in [0.1, 0.15) is 36.8 Å². The van der Waals surface area contributed by atoms with Gasteiger partial charge in [0.25, 0.3) is 0 Å². The van der Waals surface area contributed by atoms with Gasteiger partial charge in [0.1, 0.15) is 0 Å². The number of benzene rings is 2. The number of nitrogens with two attached hydrogens (primary N) is 1. The van der Waals surface area contributed by atoms with Crippen molar-refractivity contribution in [3.8, 4) is 0 Å². The number of carbonyl (C=O) groups is 1. The smallest absolute Gasteiger partial charge is 0.229 e. The number of fused-ring (bicyclic) bond motifs is 3. The summed E-state index contributed by atoms with van der Waals surface area (Å²) in [6, 6.07) is 12.9. The lowest BCUT2D eigenvalue weighted by molar-refractivity contribution is -0.126. The van der Waals surface area contributed by atoms with Crippen LogP contribution in [0.25, 0.3) is 20.2 Å². The van der Waals surface area contributed by atoms with Gasteiger partial charge in [-0.3, -0.25) is 15.1 Å². The normalized spacial score (nSPS) is 12.4. The zero-order valence-corrected chi connectivity index (χ0v) is 16.5. The second-order valence-electron chi connectivity index (χ2n) is 6.96. The summed E-state index contributed by atoms with van der Waals surface area (Å²) in [4.78, 5) is 13.4. The molecule has 1 amide bonds. The molecule has 5 nitrogen and oxygen atoms in total. The van der Waals surface area contributed by atoms with Crippen LogP contribution in [0.4, 0.5) is 0 Å². The van der Waals surface area contributed by atoms with Crippen LogP contribution in [-0.2, 0) is 11.2 Å². The first-order valence-corrected chi connectivity index (χ1v) is 9.89. The zero-order chi connectivity index (χ0) is 19.6. The van der Waals surface area contributed by atoms with Gasteiger partial charge in [-0.15, -0.1) is 11.3 Å². The van der Waals surface area contributed by atoms with E-state index in [1.165, 1.54) is 37.7 Å². The number of hydrogen-bond acceptors (Lipinski definition) is 4. The van der Waals surface area contributed by atoms with Gasteiger partial charge in [-0.1, -0.05) is 19.1 Å². The molecule has 0 fully saturated rings. The molecule has 0 bridgehead atoms. The van der Waals surface area contributed by atoms with E-state index in [1.807, 2.05) is 6.92 Å². The van der Waals surface area contributed by atoms with Gasteiger partial charge in [-0.2, -0.15) is 0 Å². The van der Waals surface area contributed by atoms with Crippen molar-refractivity contribution in [1.29, 1.82) is 5.41 Å². The van der Waals surface area contributed by atoms with E-state index in [9.17, 15) is 4.79 Å². The van der Waals surface area contributed by atoms with Crippen molar-refractivity contribution in [1.82, 2.24) is 4.90 Å². The Morgan fingerprint density at radius 2 is 1.89 bits per heavy atom. The first-order valence-electron chi connectivity index (χ1n) is 9.07. The van der Waals surface area contributed by atoms with Crippen LogP contribution in [0.2, 0.25) is 0 Å². The topological polar surface area (TPSA) is 90.4 Å². The van der Waals surface area contributed by atoms with E-state index in [2.05, 4.69) is 36.4 Å². The Kier molecular flexibility index (Phi) is 5.77. The maximum absolute atomic E-state index is 12.2. The minimum Gasteiger partial charge on any atom is -0.396 e. The summed E-state index contributed by atoms with van der Waals surface area (Å²) in [5.74, 6) is -0.352. The summed E-state index contributed by atoms with van der Waals surface area (Å²) in [6.45, 7) is 2.22. The van der Waals surface area contributed by atoms with E-state index in [0.717, 1.165) is 18.4 Å². The summed E-state index contributed by atoms with van der Waals surface area (Å²) in [5.41, 5.74) is 7.73. The van der Waals surface area contributed by atoms with Gasteiger partial charge in [-0.25, -0.2) is 0 Å². The highest BCUT2D eigenvalue weighted by Gasteiger charge is 2.17. The standard InChI is InChI=1S/C21H25N3O2S/c1-13(10-20(26)24(2)21(22)23)15-6-8-19-17(12-15)16-11-14(4-3-9-25)5-7-18(16)27-19/h5-8,11-13,25H,3-4,9-10H2,1-2H3,(H3,22,23)/t13-/m1/s1. The van der Waals surface area contributed by atoms with Gasteiger partial charge in [0.05, 0.1) is 0 Å². The molecule has 4 N–H and O–H groups in total. The number of aliphatic hydroxyl groups excluding tert-OH is 1. The molecule has 3 rings (SSSR count). The quantitative estimate of drug-likeness (QED) is 0.446. The highest BCUT2D eigenvalue weighted by Crippen LogP contribution is 2.36. The summed E-state index contributed by atoms with van der Waals surface area (Å²) in [7, 11) is 1.53. The monoisotopic (exact) mass is 383 g/mol. The molecule has 0 aliphatic carbocycles. The molecule has 0 aliphatic rings. The molecule has 0 spiro atoms. The third-order valence-electron chi connectivity index (χ3n) is 4.97. The fraction of sp³-hybridized carbons (Fsp3) is 0.333. The molecule has 2 aromatic carbocycles. The second-order valence-corrected chi connectivity index (χ2v) is 8.04. The Bertz CT molecular complexity index is 996. The van der Waals surface area contributed by atoms with Gasteiger partial charge >= 0.3 is 0 Å². The van der Waals surface area contributed by atoms with Crippen molar-refractivity contribution in [3.63, 3.8) is 0 Å². The number of guanidine groups is 1. The van der Waals surface area contributed by atoms with Crippen molar-refractivity contribution in [3.05, 3.63) is 47.5 Å². The number of carbonyl (C=O) groups excluding carboxylic acids is 1. The van der Waals surface area contributed by atoms with Crippen molar-refractivity contribution in [2.24, 2.45) is 5.73 Å². The Labute approximate surface area is 162 Å². The van der Waals surface area contributed by atoms with Crippen LogP contribution < -0.4 is 5.73 Å².